The second-order valence-corrected chi connectivity index (χ2v) is 2.43. The van der Waals surface area contributed by atoms with E-state index in [4.69, 9.17) is 10.9 Å². The molecule has 0 spiro atoms. The SMILES string of the molecule is NNC(=O)NN=Cc1ccc(O)cc1. The topological polar surface area (TPSA) is 99.7 Å². The summed E-state index contributed by atoms with van der Waals surface area (Å²) >= 11 is 0. The third-order valence-corrected chi connectivity index (χ3v) is 1.40. The number of carbonyl (C=O) groups is 1. The maximum absolute atomic E-state index is 10.6. The summed E-state index contributed by atoms with van der Waals surface area (Å²) in [7, 11) is 0. The maximum Gasteiger partial charge on any atom is 0.349 e. The number of carbonyl (C=O) groups excluding carboxylic acids is 1. The van der Waals surface area contributed by atoms with Crippen molar-refractivity contribution in [2.45, 2.75) is 0 Å². The number of hydrazine groups is 1. The molecule has 1 rings (SSSR count). The van der Waals surface area contributed by atoms with Crippen LogP contribution in [0.25, 0.3) is 0 Å². The number of amides is 2. The Morgan fingerprint density at radius 2 is 2.07 bits per heavy atom. The lowest BCUT2D eigenvalue weighted by Gasteiger charge is -1.96. The van der Waals surface area contributed by atoms with Crippen molar-refractivity contribution in [2.75, 3.05) is 0 Å². The number of urea groups is 1. The molecule has 6 nitrogen and oxygen atoms in total. The number of hydrazone groups is 1. The lowest BCUT2D eigenvalue weighted by molar-refractivity contribution is 0.241. The van der Waals surface area contributed by atoms with Gasteiger partial charge in [0.2, 0.25) is 0 Å². The van der Waals surface area contributed by atoms with E-state index in [2.05, 4.69) is 10.5 Å². The second kappa shape index (κ2) is 4.83. The Morgan fingerprint density at radius 3 is 2.64 bits per heavy atom. The van der Waals surface area contributed by atoms with Crippen molar-refractivity contribution in [1.82, 2.24) is 10.9 Å². The summed E-state index contributed by atoms with van der Waals surface area (Å²) in [6.07, 6.45) is 1.43. The van der Waals surface area contributed by atoms with Gasteiger partial charge in [-0.2, -0.15) is 5.10 Å². The van der Waals surface area contributed by atoms with Gasteiger partial charge in [0.1, 0.15) is 5.75 Å². The van der Waals surface area contributed by atoms with Crippen molar-refractivity contribution in [3.63, 3.8) is 0 Å². The van der Waals surface area contributed by atoms with Gasteiger partial charge in [0.15, 0.2) is 0 Å². The zero-order valence-corrected chi connectivity index (χ0v) is 7.27. The fraction of sp³-hybridized carbons (Fsp3) is 0. The van der Waals surface area contributed by atoms with E-state index in [-0.39, 0.29) is 5.75 Å². The summed E-state index contributed by atoms with van der Waals surface area (Å²) in [5.41, 5.74) is 4.73. The quantitative estimate of drug-likeness (QED) is 0.229. The number of hydrogen-bond donors (Lipinski definition) is 4. The molecule has 0 unspecified atom stereocenters. The highest BCUT2D eigenvalue weighted by Crippen LogP contribution is 2.07. The lowest BCUT2D eigenvalue weighted by atomic mass is 10.2. The van der Waals surface area contributed by atoms with Crippen LogP contribution < -0.4 is 16.7 Å². The minimum absolute atomic E-state index is 0.176. The first-order chi connectivity index (χ1) is 6.72. The van der Waals surface area contributed by atoms with Crippen molar-refractivity contribution in [3.05, 3.63) is 29.8 Å². The van der Waals surface area contributed by atoms with E-state index in [1.807, 2.05) is 5.43 Å². The van der Waals surface area contributed by atoms with Crippen LogP contribution in [-0.2, 0) is 0 Å². The van der Waals surface area contributed by atoms with Crippen molar-refractivity contribution >= 4 is 12.2 Å². The molecule has 1 aromatic rings. The Labute approximate surface area is 80.4 Å². The molecule has 1 aromatic carbocycles. The van der Waals surface area contributed by atoms with Crippen LogP contribution in [-0.4, -0.2) is 17.4 Å². The van der Waals surface area contributed by atoms with Gasteiger partial charge < -0.3 is 5.11 Å². The normalized spacial score (nSPS) is 10.1. The lowest BCUT2D eigenvalue weighted by Crippen LogP contribution is -2.37. The van der Waals surface area contributed by atoms with Crippen LogP contribution in [0.5, 0.6) is 5.75 Å². The molecule has 14 heavy (non-hydrogen) atoms. The molecule has 0 fully saturated rings. The Morgan fingerprint density at radius 1 is 1.43 bits per heavy atom. The predicted octanol–water partition coefficient (Wildman–Crippen LogP) is -0.101. The van der Waals surface area contributed by atoms with E-state index in [0.29, 0.717) is 0 Å². The van der Waals surface area contributed by atoms with Gasteiger partial charge >= 0.3 is 6.03 Å². The molecule has 0 aliphatic carbocycles. The highest BCUT2D eigenvalue weighted by molar-refractivity contribution is 5.81. The predicted molar refractivity (Wildman–Crippen MR) is 51.6 cm³/mol. The standard InChI is InChI=1S/C8H10N4O2/c9-11-8(14)12-10-5-6-1-3-7(13)4-2-6/h1-5,13H,9H2,(H2,11,12,14). The van der Waals surface area contributed by atoms with Crippen LogP contribution in [0.2, 0.25) is 0 Å². The first-order valence-corrected chi connectivity index (χ1v) is 3.81. The average Bonchev–Trinajstić information content (AvgIpc) is 2.21. The highest BCUT2D eigenvalue weighted by Gasteiger charge is 1.91. The Balaban J connectivity index is 2.52. The van der Waals surface area contributed by atoms with Crippen molar-refractivity contribution in [3.8, 4) is 5.75 Å². The van der Waals surface area contributed by atoms with Crippen LogP contribution in [0.4, 0.5) is 4.79 Å². The molecule has 0 aliphatic heterocycles. The van der Waals surface area contributed by atoms with E-state index in [1.54, 1.807) is 12.1 Å². The summed E-state index contributed by atoms with van der Waals surface area (Å²) in [5.74, 6) is 4.98. The fourth-order valence-electron chi connectivity index (χ4n) is 0.758. The number of nitrogens with one attached hydrogen (secondary N) is 2. The number of benzene rings is 1. The molecule has 0 bridgehead atoms. The molecule has 0 aromatic heterocycles. The summed E-state index contributed by atoms with van der Waals surface area (Å²) in [4.78, 5) is 10.6. The van der Waals surface area contributed by atoms with Gasteiger partial charge in [-0.25, -0.2) is 16.1 Å². The van der Waals surface area contributed by atoms with Crippen molar-refractivity contribution < 1.29 is 9.90 Å². The number of phenolic OH excluding ortho intramolecular Hbond substituents is 1. The molecule has 74 valence electrons. The number of nitrogens with zero attached hydrogens (tertiary/aromatic N) is 1. The van der Waals surface area contributed by atoms with Gasteiger partial charge in [0.25, 0.3) is 0 Å². The van der Waals surface area contributed by atoms with Crippen LogP contribution in [0.1, 0.15) is 5.56 Å². The first-order valence-electron chi connectivity index (χ1n) is 3.81. The Bertz CT molecular complexity index is 334. The molecule has 2 amide bonds. The monoisotopic (exact) mass is 194 g/mol. The molecule has 5 N–H and O–H groups in total. The second-order valence-electron chi connectivity index (χ2n) is 2.43. The average molecular weight is 194 g/mol. The Kier molecular flexibility index (Phi) is 3.45. The number of rotatable bonds is 2. The fourth-order valence-corrected chi connectivity index (χ4v) is 0.758. The smallest absolute Gasteiger partial charge is 0.349 e. The molecule has 0 saturated heterocycles. The Hall–Kier alpha value is -2.08. The number of hydrogen-bond acceptors (Lipinski definition) is 4. The van der Waals surface area contributed by atoms with Crippen LogP contribution in [0.15, 0.2) is 29.4 Å². The molecule has 0 radical (unpaired) electrons. The number of phenols is 1. The maximum atomic E-state index is 10.6. The van der Waals surface area contributed by atoms with Crippen molar-refractivity contribution in [1.29, 1.82) is 0 Å². The highest BCUT2D eigenvalue weighted by atomic mass is 16.3. The van der Waals surface area contributed by atoms with Crippen LogP contribution >= 0.6 is 0 Å². The van der Waals surface area contributed by atoms with E-state index in [9.17, 15) is 4.79 Å². The molecule has 0 saturated carbocycles. The van der Waals surface area contributed by atoms with E-state index < -0.39 is 6.03 Å². The zero-order valence-electron chi connectivity index (χ0n) is 7.27. The molecule has 0 atom stereocenters. The summed E-state index contributed by atoms with van der Waals surface area (Å²) < 4.78 is 0. The van der Waals surface area contributed by atoms with Gasteiger partial charge in [-0.3, -0.25) is 5.43 Å². The molecule has 0 aliphatic rings. The van der Waals surface area contributed by atoms with Crippen LogP contribution in [0.3, 0.4) is 0 Å². The van der Waals surface area contributed by atoms with Crippen LogP contribution in [0, 0.1) is 0 Å². The van der Waals surface area contributed by atoms with Gasteiger partial charge in [0.05, 0.1) is 6.21 Å². The van der Waals surface area contributed by atoms with E-state index >= 15 is 0 Å². The first kappa shape index (κ1) is 10.0. The zero-order chi connectivity index (χ0) is 10.4. The summed E-state index contributed by atoms with van der Waals surface area (Å²) in [6.45, 7) is 0. The largest absolute Gasteiger partial charge is 0.508 e. The summed E-state index contributed by atoms with van der Waals surface area (Å²) in [5, 5.41) is 12.6. The van der Waals surface area contributed by atoms with Gasteiger partial charge in [-0.05, 0) is 29.8 Å². The summed E-state index contributed by atoms with van der Waals surface area (Å²) in [6, 6.07) is 5.75. The minimum atomic E-state index is -0.597. The number of nitrogens with two attached hydrogens (primary N) is 1. The van der Waals surface area contributed by atoms with Gasteiger partial charge in [-0.1, -0.05) is 0 Å². The minimum Gasteiger partial charge on any atom is -0.508 e. The third-order valence-electron chi connectivity index (χ3n) is 1.40. The number of aromatic hydroxyl groups is 1. The molecular formula is C8H10N4O2. The molecule has 6 heteroatoms. The van der Waals surface area contributed by atoms with Crippen molar-refractivity contribution in [2.24, 2.45) is 10.9 Å². The molecule has 0 heterocycles. The van der Waals surface area contributed by atoms with E-state index in [1.165, 1.54) is 18.3 Å². The van der Waals surface area contributed by atoms with E-state index in [0.717, 1.165) is 5.56 Å². The molecular weight excluding hydrogens is 184 g/mol. The van der Waals surface area contributed by atoms with Gasteiger partial charge in [-0.15, -0.1) is 0 Å². The third kappa shape index (κ3) is 3.11. The van der Waals surface area contributed by atoms with Gasteiger partial charge in [0, 0.05) is 0 Å².